The topological polar surface area (TPSA) is 59.6 Å². The van der Waals surface area contributed by atoms with Gasteiger partial charge in [0.05, 0.1) is 13.2 Å². The molecule has 4 rings (SSSR count). The third-order valence-corrected chi connectivity index (χ3v) is 4.93. The monoisotopic (exact) mass is 384 g/mol. The molecule has 0 spiro atoms. The van der Waals surface area contributed by atoms with Gasteiger partial charge in [-0.2, -0.15) is 0 Å². The van der Waals surface area contributed by atoms with Crippen molar-refractivity contribution in [2.75, 3.05) is 25.1 Å². The largest absolute Gasteiger partial charge is 0.490 e. The van der Waals surface area contributed by atoms with Gasteiger partial charge in [0.25, 0.3) is 0 Å². The molecular formula is C21H21ClN2O3. The van der Waals surface area contributed by atoms with E-state index in [1.54, 1.807) is 18.2 Å². The standard InChI is InChI=1S/C21H21ClN2O3/c1-13-9-15(22)3-4-17(13)24-21(25)12-18-16-11-20-19(26-7-2-8-27-20)10-14(16)5-6-23-18/h3-4,9-12,23H,2,5-8H2,1H3,(H,24,25)/b18-12-. The van der Waals surface area contributed by atoms with E-state index in [1.807, 2.05) is 25.1 Å². The van der Waals surface area contributed by atoms with E-state index in [1.165, 1.54) is 0 Å². The molecule has 2 aromatic carbocycles. The van der Waals surface area contributed by atoms with Crippen molar-refractivity contribution in [3.8, 4) is 11.5 Å². The summed E-state index contributed by atoms with van der Waals surface area (Å²) < 4.78 is 11.6. The number of nitrogens with one attached hydrogen (secondary N) is 2. The Hall–Kier alpha value is -2.66. The Morgan fingerprint density at radius 3 is 2.74 bits per heavy atom. The van der Waals surface area contributed by atoms with E-state index in [-0.39, 0.29) is 5.91 Å². The number of hydrogen-bond acceptors (Lipinski definition) is 4. The highest BCUT2D eigenvalue weighted by molar-refractivity contribution is 6.30. The van der Waals surface area contributed by atoms with Crippen LogP contribution in [0, 0.1) is 6.92 Å². The van der Waals surface area contributed by atoms with Crippen molar-refractivity contribution in [3.05, 3.63) is 58.1 Å². The fourth-order valence-corrected chi connectivity index (χ4v) is 3.56. The molecule has 140 valence electrons. The van der Waals surface area contributed by atoms with Gasteiger partial charge in [-0.1, -0.05) is 11.6 Å². The number of ether oxygens (including phenoxy) is 2. The van der Waals surface area contributed by atoms with Crippen LogP contribution in [0.4, 0.5) is 5.69 Å². The van der Waals surface area contributed by atoms with Crippen LogP contribution in [0.5, 0.6) is 11.5 Å². The van der Waals surface area contributed by atoms with Crippen molar-refractivity contribution in [1.29, 1.82) is 0 Å². The van der Waals surface area contributed by atoms with Gasteiger partial charge in [-0.15, -0.1) is 0 Å². The Kier molecular flexibility index (Phi) is 4.94. The first-order chi connectivity index (χ1) is 13.1. The Morgan fingerprint density at radius 1 is 1.19 bits per heavy atom. The summed E-state index contributed by atoms with van der Waals surface area (Å²) in [6.07, 6.45) is 3.33. The first-order valence-corrected chi connectivity index (χ1v) is 9.43. The number of rotatable bonds is 2. The predicted molar refractivity (Wildman–Crippen MR) is 107 cm³/mol. The Labute approximate surface area is 163 Å². The Morgan fingerprint density at radius 2 is 1.96 bits per heavy atom. The second kappa shape index (κ2) is 7.53. The van der Waals surface area contributed by atoms with Crippen LogP contribution in [0.2, 0.25) is 5.02 Å². The minimum atomic E-state index is -0.192. The van der Waals surface area contributed by atoms with Crippen LogP contribution in [0.3, 0.4) is 0 Å². The summed E-state index contributed by atoms with van der Waals surface area (Å²) in [5.41, 5.74) is 4.59. The highest BCUT2D eigenvalue weighted by atomic mass is 35.5. The van der Waals surface area contributed by atoms with Gasteiger partial charge >= 0.3 is 0 Å². The zero-order valence-corrected chi connectivity index (χ0v) is 15.9. The number of carbonyl (C=O) groups is 1. The lowest BCUT2D eigenvalue weighted by atomic mass is 9.96. The number of carbonyl (C=O) groups excluding carboxylic acids is 1. The predicted octanol–water partition coefficient (Wildman–Crippen LogP) is 3.94. The fourth-order valence-electron chi connectivity index (χ4n) is 3.33. The van der Waals surface area contributed by atoms with Crippen molar-refractivity contribution in [2.24, 2.45) is 0 Å². The van der Waals surface area contributed by atoms with Crippen LogP contribution in [-0.2, 0) is 11.2 Å². The number of amides is 1. The summed E-state index contributed by atoms with van der Waals surface area (Å²) in [6.45, 7) is 3.98. The van der Waals surface area contributed by atoms with Crippen LogP contribution >= 0.6 is 11.6 Å². The molecule has 5 nitrogen and oxygen atoms in total. The second-order valence-corrected chi connectivity index (χ2v) is 7.13. The van der Waals surface area contributed by atoms with Crippen LogP contribution in [-0.4, -0.2) is 25.7 Å². The van der Waals surface area contributed by atoms with E-state index in [0.29, 0.717) is 18.2 Å². The van der Waals surface area contributed by atoms with E-state index in [2.05, 4.69) is 10.6 Å². The first kappa shape index (κ1) is 17.7. The molecule has 0 fully saturated rings. The summed E-state index contributed by atoms with van der Waals surface area (Å²) in [5, 5.41) is 6.89. The van der Waals surface area contributed by atoms with E-state index >= 15 is 0 Å². The second-order valence-electron chi connectivity index (χ2n) is 6.69. The smallest absolute Gasteiger partial charge is 0.250 e. The molecule has 0 bridgehead atoms. The van der Waals surface area contributed by atoms with Crippen molar-refractivity contribution >= 4 is 28.9 Å². The first-order valence-electron chi connectivity index (χ1n) is 9.06. The SMILES string of the molecule is Cc1cc(Cl)ccc1NC(=O)/C=C1\NCCc2cc3c(cc21)OCCCO3. The maximum Gasteiger partial charge on any atom is 0.250 e. The van der Waals surface area contributed by atoms with Gasteiger partial charge in [0.1, 0.15) is 0 Å². The summed E-state index contributed by atoms with van der Waals surface area (Å²) >= 11 is 5.98. The summed E-state index contributed by atoms with van der Waals surface area (Å²) in [5.74, 6) is 1.33. The third kappa shape index (κ3) is 3.88. The van der Waals surface area contributed by atoms with Crippen LogP contribution < -0.4 is 20.1 Å². The van der Waals surface area contributed by atoms with Crippen molar-refractivity contribution in [2.45, 2.75) is 19.8 Å². The van der Waals surface area contributed by atoms with Crippen molar-refractivity contribution in [3.63, 3.8) is 0 Å². The molecule has 0 saturated carbocycles. The lowest BCUT2D eigenvalue weighted by Crippen LogP contribution is -2.24. The normalized spacial score (nSPS) is 16.9. The maximum atomic E-state index is 12.6. The van der Waals surface area contributed by atoms with Gasteiger partial charge in [-0.25, -0.2) is 0 Å². The van der Waals surface area contributed by atoms with E-state index in [4.69, 9.17) is 21.1 Å². The van der Waals surface area contributed by atoms with E-state index in [9.17, 15) is 4.79 Å². The average Bonchev–Trinajstić information content (AvgIpc) is 2.87. The Bertz CT molecular complexity index is 924. The molecule has 0 atom stereocenters. The van der Waals surface area contributed by atoms with E-state index < -0.39 is 0 Å². The molecule has 2 aromatic rings. The number of halogens is 1. The third-order valence-electron chi connectivity index (χ3n) is 4.70. The molecule has 0 aromatic heterocycles. The molecule has 27 heavy (non-hydrogen) atoms. The molecule has 0 saturated heterocycles. The number of fused-ring (bicyclic) bond motifs is 2. The van der Waals surface area contributed by atoms with Gasteiger partial charge in [0.2, 0.25) is 5.91 Å². The number of hydrogen-bond donors (Lipinski definition) is 2. The molecule has 6 heteroatoms. The fraction of sp³-hybridized carbons (Fsp3) is 0.286. The minimum Gasteiger partial charge on any atom is -0.490 e. The lowest BCUT2D eigenvalue weighted by molar-refractivity contribution is -0.111. The molecule has 0 aliphatic carbocycles. The van der Waals surface area contributed by atoms with Crippen molar-refractivity contribution in [1.82, 2.24) is 5.32 Å². The number of benzene rings is 2. The lowest BCUT2D eigenvalue weighted by Gasteiger charge is -2.23. The Balaban J connectivity index is 1.61. The van der Waals surface area contributed by atoms with Gasteiger partial charge < -0.3 is 20.1 Å². The molecule has 0 unspecified atom stereocenters. The van der Waals surface area contributed by atoms with Crippen LogP contribution in [0.1, 0.15) is 23.1 Å². The molecule has 2 aliphatic rings. The molecule has 2 heterocycles. The van der Waals surface area contributed by atoms with Gasteiger partial charge in [-0.05, 0) is 54.8 Å². The molecular weight excluding hydrogens is 364 g/mol. The van der Waals surface area contributed by atoms with Crippen LogP contribution in [0.15, 0.2) is 36.4 Å². The summed E-state index contributed by atoms with van der Waals surface area (Å²) in [7, 11) is 0. The average molecular weight is 385 g/mol. The van der Waals surface area contributed by atoms with Crippen LogP contribution in [0.25, 0.3) is 5.70 Å². The highest BCUT2D eigenvalue weighted by Crippen LogP contribution is 2.36. The van der Waals surface area contributed by atoms with Gasteiger partial charge in [-0.3, -0.25) is 4.79 Å². The quantitative estimate of drug-likeness (QED) is 0.770. The zero-order chi connectivity index (χ0) is 18.8. The molecule has 2 aliphatic heterocycles. The molecule has 1 amide bonds. The molecule has 0 radical (unpaired) electrons. The van der Waals surface area contributed by atoms with E-state index in [0.717, 1.165) is 59.0 Å². The van der Waals surface area contributed by atoms with Gasteiger partial charge in [0.15, 0.2) is 11.5 Å². The number of anilines is 1. The number of aryl methyl sites for hydroxylation is 1. The summed E-state index contributed by atoms with van der Waals surface area (Å²) in [4.78, 5) is 12.6. The van der Waals surface area contributed by atoms with Crippen molar-refractivity contribution < 1.29 is 14.3 Å². The highest BCUT2D eigenvalue weighted by Gasteiger charge is 2.20. The maximum absolute atomic E-state index is 12.6. The van der Waals surface area contributed by atoms with Gasteiger partial charge in [0, 0.05) is 41.0 Å². The molecule has 2 N–H and O–H groups in total. The zero-order valence-electron chi connectivity index (χ0n) is 15.1. The minimum absolute atomic E-state index is 0.192. The summed E-state index contributed by atoms with van der Waals surface area (Å²) in [6, 6.07) is 9.39.